The highest BCUT2D eigenvalue weighted by atomic mass is 32.1. The molecular weight excluding hydrogens is 260 g/mol. The second-order valence-corrected chi connectivity index (χ2v) is 5.74. The minimum absolute atomic E-state index is 0.164. The highest BCUT2D eigenvalue weighted by molar-refractivity contribution is 7.21. The van der Waals surface area contributed by atoms with E-state index in [4.69, 9.17) is 10.5 Å². The van der Waals surface area contributed by atoms with Crippen LogP contribution in [0, 0.1) is 0 Å². The monoisotopic (exact) mass is 276 g/mol. The Morgan fingerprint density at radius 3 is 2.79 bits per heavy atom. The van der Waals surface area contributed by atoms with Gasteiger partial charge in [0.15, 0.2) is 5.75 Å². The van der Waals surface area contributed by atoms with Crippen molar-refractivity contribution in [1.29, 1.82) is 0 Å². The highest BCUT2D eigenvalue weighted by Crippen LogP contribution is 2.38. The Bertz CT molecular complexity index is 603. The smallest absolute Gasteiger partial charge is 0.262 e. The molecule has 5 heteroatoms. The predicted molar refractivity (Wildman–Crippen MR) is 76.9 cm³/mol. The molecular formula is C14H16N2O2S. The third-order valence-electron chi connectivity index (χ3n) is 3.34. The quantitative estimate of drug-likeness (QED) is 0.902. The standard InChI is InChI=1S/C14H16N2O2S/c15-14(17)13-12(18-9-5-7-16-8-6-9)10-3-1-2-4-11(10)19-13/h1-4,9,16H,5-8H2,(H2,15,17). The van der Waals surface area contributed by atoms with Gasteiger partial charge in [-0.05, 0) is 38.1 Å². The number of carbonyl (C=O) groups is 1. The number of rotatable bonds is 3. The Labute approximate surface area is 115 Å². The summed E-state index contributed by atoms with van der Waals surface area (Å²) in [5.41, 5.74) is 5.46. The fourth-order valence-electron chi connectivity index (χ4n) is 2.38. The molecule has 0 saturated carbocycles. The second kappa shape index (κ2) is 5.19. The first kappa shape index (κ1) is 12.4. The number of carbonyl (C=O) groups excluding carboxylic acids is 1. The number of hydrogen-bond donors (Lipinski definition) is 2. The van der Waals surface area contributed by atoms with E-state index in [0.717, 1.165) is 36.0 Å². The largest absolute Gasteiger partial charge is 0.488 e. The van der Waals surface area contributed by atoms with Gasteiger partial charge in [-0.3, -0.25) is 4.79 Å². The molecule has 0 radical (unpaired) electrons. The lowest BCUT2D eigenvalue weighted by molar-refractivity contribution is 0.0995. The molecule has 100 valence electrons. The van der Waals surface area contributed by atoms with E-state index in [-0.39, 0.29) is 6.10 Å². The fourth-order valence-corrected chi connectivity index (χ4v) is 3.37. The molecule has 1 saturated heterocycles. The molecule has 1 fully saturated rings. The molecule has 1 amide bonds. The third-order valence-corrected chi connectivity index (χ3v) is 4.51. The summed E-state index contributed by atoms with van der Waals surface area (Å²) >= 11 is 1.41. The van der Waals surface area contributed by atoms with Crippen molar-refractivity contribution in [2.45, 2.75) is 18.9 Å². The maximum Gasteiger partial charge on any atom is 0.262 e. The molecule has 3 N–H and O–H groups in total. The van der Waals surface area contributed by atoms with E-state index in [1.54, 1.807) is 0 Å². The summed E-state index contributed by atoms with van der Waals surface area (Å²) in [6.07, 6.45) is 2.09. The van der Waals surface area contributed by atoms with Gasteiger partial charge in [0.05, 0.1) is 0 Å². The van der Waals surface area contributed by atoms with Gasteiger partial charge in [-0.15, -0.1) is 11.3 Å². The maximum atomic E-state index is 11.6. The summed E-state index contributed by atoms with van der Waals surface area (Å²) in [6.45, 7) is 1.91. The second-order valence-electron chi connectivity index (χ2n) is 4.69. The van der Waals surface area contributed by atoms with Gasteiger partial charge in [0.25, 0.3) is 5.91 Å². The van der Waals surface area contributed by atoms with Crippen LogP contribution in [-0.4, -0.2) is 25.1 Å². The Hall–Kier alpha value is -1.59. The molecule has 4 nitrogen and oxygen atoms in total. The first-order valence-corrected chi connectivity index (χ1v) is 7.26. The molecule has 3 rings (SSSR count). The van der Waals surface area contributed by atoms with Crippen LogP contribution in [0.2, 0.25) is 0 Å². The van der Waals surface area contributed by atoms with Gasteiger partial charge in [0.2, 0.25) is 0 Å². The number of ether oxygens (including phenoxy) is 1. The molecule has 19 heavy (non-hydrogen) atoms. The average molecular weight is 276 g/mol. The summed E-state index contributed by atoms with van der Waals surface area (Å²) in [7, 11) is 0. The van der Waals surface area contributed by atoms with E-state index >= 15 is 0 Å². The van der Waals surface area contributed by atoms with Crippen LogP contribution in [0.1, 0.15) is 22.5 Å². The topological polar surface area (TPSA) is 64.4 Å². The molecule has 2 aromatic rings. The molecule has 0 unspecified atom stereocenters. The number of benzene rings is 1. The van der Waals surface area contributed by atoms with Gasteiger partial charge in [0.1, 0.15) is 11.0 Å². The van der Waals surface area contributed by atoms with Gasteiger partial charge in [-0.1, -0.05) is 12.1 Å². The van der Waals surface area contributed by atoms with Crippen LogP contribution in [0.4, 0.5) is 0 Å². The van der Waals surface area contributed by atoms with E-state index in [1.165, 1.54) is 11.3 Å². The fraction of sp³-hybridized carbons (Fsp3) is 0.357. The number of nitrogens with one attached hydrogen (secondary N) is 1. The van der Waals surface area contributed by atoms with E-state index < -0.39 is 5.91 Å². The predicted octanol–water partition coefficient (Wildman–Crippen LogP) is 2.13. The van der Waals surface area contributed by atoms with Crippen LogP contribution in [0.3, 0.4) is 0 Å². The molecule has 0 spiro atoms. The van der Waals surface area contributed by atoms with E-state index in [1.807, 2.05) is 24.3 Å². The Morgan fingerprint density at radius 2 is 2.05 bits per heavy atom. The lowest BCUT2D eigenvalue weighted by atomic mass is 10.1. The van der Waals surface area contributed by atoms with Crippen molar-refractivity contribution in [3.63, 3.8) is 0 Å². The van der Waals surface area contributed by atoms with Crippen molar-refractivity contribution in [3.8, 4) is 5.75 Å². The number of primary amides is 1. The number of piperidine rings is 1. The summed E-state index contributed by atoms with van der Waals surface area (Å²) in [5, 5.41) is 4.29. The number of fused-ring (bicyclic) bond motifs is 1. The van der Waals surface area contributed by atoms with Gasteiger partial charge in [0, 0.05) is 10.1 Å². The SMILES string of the molecule is NC(=O)c1sc2ccccc2c1OC1CCNCC1. The van der Waals surface area contributed by atoms with Crippen LogP contribution in [0.5, 0.6) is 5.75 Å². The zero-order chi connectivity index (χ0) is 13.2. The van der Waals surface area contributed by atoms with Crippen molar-refractivity contribution < 1.29 is 9.53 Å². The average Bonchev–Trinajstić information content (AvgIpc) is 2.79. The molecule has 1 aromatic heterocycles. The lowest BCUT2D eigenvalue weighted by Gasteiger charge is -2.24. The van der Waals surface area contributed by atoms with Crippen molar-refractivity contribution in [2.24, 2.45) is 5.73 Å². The third kappa shape index (κ3) is 2.43. The van der Waals surface area contributed by atoms with Crippen molar-refractivity contribution in [1.82, 2.24) is 5.32 Å². The first-order chi connectivity index (χ1) is 9.25. The van der Waals surface area contributed by atoms with Crippen molar-refractivity contribution in [3.05, 3.63) is 29.1 Å². The summed E-state index contributed by atoms with van der Waals surface area (Å²) < 4.78 is 7.11. The minimum Gasteiger partial charge on any atom is -0.488 e. The Morgan fingerprint density at radius 1 is 1.32 bits per heavy atom. The number of nitrogens with two attached hydrogens (primary N) is 1. The van der Waals surface area contributed by atoms with Crippen LogP contribution in [-0.2, 0) is 0 Å². The van der Waals surface area contributed by atoms with Crippen LogP contribution in [0.15, 0.2) is 24.3 Å². The first-order valence-electron chi connectivity index (χ1n) is 6.44. The Kier molecular flexibility index (Phi) is 3.40. The number of amides is 1. The molecule has 1 aliphatic heterocycles. The van der Waals surface area contributed by atoms with Gasteiger partial charge >= 0.3 is 0 Å². The highest BCUT2D eigenvalue weighted by Gasteiger charge is 2.22. The van der Waals surface area contributed by atoms with E-state index in [0.29, 0.717) is 10.6 Å². The van der Waals surface area contributed by atoms with Crippen molar-refractivity contribution in [2.75, 3.05) is 13.1 Å². The van der Waals surface area contributed by atoms with Gasteiger partial charge in [-0.25, -0.2) is 0 Å². The molecule has 1 aliphatic rings. The van der Waals surface area contributed by atoms with E-state index in [2.05, 4.69) is 5.32 Å². The lowest BCUT2D eigenvalue weighted by Crippen LogP contribution is -2.34. The van der Waals surface area contributed by atoms with Crippen LogP contribution in [0.25, 0.3) is 10.1 Å². The van der Waals surface area contributed by atoms with Crippen molar-refractivity contribution >= 4 is 27.3 Å². The zero-order valence-corrected chi connectivity index (χ0v) is 11.3. The molecule has 1 aromatic carbocycles. The Balaban J connectivity index is 1.99. The normalized spacial score (nSPS) is 16.6. The maximum absolute atomic E-state index is 11.6. The molecule has 2 heterocycles. The van der Waals surface area contributed by atoms with E-state index in [9.17, 15) is 4.79 Å². The zero-order valence-electron chi connectivity index (χ0n) is 10.5. The molecule has 0 aliphatic carbocycles. The molecule has 0 atom stereocenters. The summed E-state index contributed by atoms with van der Waals surface area (Å²) in [5.74, 6) is 0.255. The van der Waals surface area contributed by atoms with Gasteiger partial charge in [-0.2, -0.15) is 0 Å². The molecule has 0 bridgehead atoms. The van der Waals surface area contributed by atoms with Gasteiger partial charge < -0.3 is 15.8 Å². The summed E-state index contributed by atoms with van der Waals surface area (Å²) in [4.78, 5) is 12.1. The minimum atomic E-state index is -0.412. The van der Waals surface area contributed by atoms with Crippen LogP contribution < -0.4 is 15.8 Å². The number of hydrogen-bond acceptors (Lipinski definition) is 4. The number of thiophene rings is 1. The summed E-state index contributed by atoms with van der Waals surface area (Å²) in [6, 6.07) is 7.88. The van der Waals surface area contributed by atoms with Crippen LogP contribution >= 0.6 is 11.3 Å².